The van der Waals surface area contributed by atoms with Gasteiger partial charge in [-0.15, -0.1) is 0 Å². The molecule has 3 rings (SSSR count). The van der Waals surface area contributed by atoms with Crippen LogP contribution >= 0.6 is 0 Å². The summed E-state index contributed by atoms with van der Waals surface area (Å²) in [5, 5.41) is 0. The Bertz CT molecular complexity index is 934. The summed E-state index contributed by atoms with van der Waals surface area (Å²) in [6, 6.07) is 20.2. The molecule has 0 unspecified atom stereocenters. The minimum atomic E-state index is -0.535. The largest absolute Gasteiger partial charge is 0.461 e. The summed E-state index contributed by atoms with van der Waals surface area (Å²) in [5.74, 6) is -0.752. The molecule has 0 aliphatic carbocycles. The molecular formula is C22H19NO3. The van der Waals surface area contributed by atoms with E-state index in [4.69, 9.17) is 4.74 Å². The number of carbonyl (C=O) groups excluding carboxylic acids is 2. The Balaban J connectivity index is 2.18. The molecule has 0 spiro atoms. The Morgan fingerprint density at radius 1 is 0.962 bits per heavy atom. The molecule has 0 radical (unpaired) electrons. The second kappa shape index (κ2) is 7.74. The first-order valence-electron chi connectivity index (χ1n) is 8.45. The van der Waals surface area contributed by atoms with Gasteiger partial charge in [0, 0.05) is 5.56 Å². The number of hydrogen-bond donors (Lipinski definition) is 0. The number of esters is 1. The fourth-order valence-electron chi connectivity index (χ4n) is 2.78. The second-order valence-electron chi connectivity index (χ2n) is 5.81. The first kappa shape index (κ1) is 17.5. The van der Waals surface area contributed by atoms with Crippen LogP contribution in [-0.4, -0.2) is 23.3 Å². The standard InChI is InChI=1S/C22H19NO3/c1-3-26-22(25)19-14-18(16-10-6-4-7-11-16)15(2)20(23-19)21(24)17-12-8-5-9-13-17/h4-14H,3H2,1-2H3. The molecule has 0 atom stereocenters. The number of pyridine rings is 1. The van der Waals surface area contributed by atoms with Crippen LogP contribution in [0.15, 0.2) is 66.7 Å². The molecule has 1 heterocycles. The van der Waals surface area contributed by atoms with Crippen LogP contribution in [0.2, 0.25) is 0 Å². The normalized spacial score (nSPS) is 10.4. The van der Waals surface area contributed by atoms with E-state index in [1.54, 1.807) is 37.3 Å². The third kappa shape index (κ3) is 3.54. The Labute approximate surface area is 152 Å². The number of ether oxygens (including phenoxy) is 1. The van der Waals surface area contributed by atoms with Gasteiger partial charge < -0.3 is 4.74 Å². The summed E-state index contributed by atoms with van der Waals surface area (Å²) in [4.78, 5) is 29.6. The van der Waals surface area contributed by atoms with E-state index < -0.39 is 5.97 Å². The first-order valence-corrected chi connectivity index (χ1v) is 8.45. The highest BCUT2D eigenvalue weighted by atomic mass is 16.5. The van der Waals surface area contributed by atoms with Gasteiger partial charge in [-0.1, -0.05) is 60.7 Å². The minimum absolute atomic E-state index is 0.135. The molecule has 0 aliphatic heterocycles. The van der Waals surface area contributed by atoms with Crippen molar-refractivity contribution in [1.29, 1.82) is 0 Å². The van der Waals surface area contributed by atoms with Gasteiger partial charge >= 0.3 is 5.97 Å². The fraction of sp³-hybridized carbons (Fsp3) is 0.136. The number of nitrogens with zero attached hydrogens (tertiary/aromatic N) is 1. The fourth-order valence-corrected chi connectivity index (χ4v) is 2.78. The zero-order chi connectivity index (χ0) is 18.5. The van der Waals surface area contributed by atoms with Gasteiger partial charge in [0.25, 0.3) is 0 Å². The van der Waals surface area contributed by atoms with Crippen LogP contribution in [0.4, 0.5) is 0 Å². The van der Waals surface area contributed by atoms with Crippen LogP contribution in [0.5, 0.6) is 0 Å². The van der Waals surface area contributed by atoms with E-state index in [1.165, 1.54) is 0 Å². The highest BCUT2D eigenvalue weighted by Gasteiger charge is 2.21. The van der Waals surface area contributed by atoms with Crippen LogP contribution in [0.3, 0.4) is 0 Å². The van der Waals surface area contributed by atoms with Crippen molar-refractivity contribution in [3.8, 4) is 11.1 Å². The van der Waals surface area contributed by atoms with Gasteiger partial charge in [0.1, 0.15) is 11.4 Å². The van der Waals surface area contributed by atoms with Gasteiger partial charge in [0.15, 0.2) is 0 Å². The van der Waals surface area contributed by atoms with Crippen molar-refractivity contribution >= 4 is 11.8 Å². The van der Waals surface area contributed by atoms with E-state index in [1.807, 2.05) is 43.3 Å². The number of aromatic nitrogens is 1. The summed E-state index contributed by atoms with van der Waals surface area (Å²) in [7, 11) is 0. The van der Waals surface area contributed by atoms with E-state index in [2.05, 4.69) is 4.98 Å². The lowest BCUT2D eigenvalue weighted by Crippen LogP contribution is -2.14. The molecule has 0 saturated carbocycles. The Morgan fingerprint density at radius 3 is 2.19 bits per heavy atom. The van der Waals surface area contributed by atoms with E-state index >= 15 is 0 Å². The van der Waals surface area contributed by atoms with Crippen molar-refractivity contribution in [2.75, 3.05) is 6.61 Å². The lowest BCUT2D eigenvalue weighted by molar-refractivity contribution is 0.0519. The topological polar surface area (TPSA) is 56.3 Å². The van der Waals surface area contributed by atoms with Crippen molar-refractivity contribution in [2.45, 2.75) is 13.8 Å². The summed E-state index contributed by atoms with van der Waals surface area (Å²) in [6.45, 7) is 3.83. The van der Waals surface area contributed by atoms with Gasteiger partial charge in [-0.25, -0.2) is 9.78 Å². The van der Waals surface area contributed by atoms with Gasteiger partial charge in [0.2, 0.25) is 5.78 Å². The lowest BCUT2D eigenvalue weighted by atomic mass is 9.95. The molecule has 130 valence electrons. The second-order valence-corrected chi connectivity index (χ2v) is 5.81. The first-order chi connectivity index (χ1) is 12.6. The quantitative estimate of drug-likeness (QED) is 0.506. The van der Waals surface area contributed by atoms with Gasteiger partial charge in [-0.2, -0.15) is 0 Å². The maximum Gasteiger partial charge on any atom is 0.356 e. The SMILES string of the molecule is CCOC(=O)c1cc(-c2ccccc2)c(C)c(C(=O)c2ccccc2)n1. The lowest BCUT2D eigenvalue weighted by Gasteiger charge is -2.13. The summed E-state index contributed by atoms with van der Waals surface area (Å²) >= 11 is 0. The van der Waals surface area contributed by atoms with Crippen molar-refractivity contribution < 1.29 is 14.3 Å². The highest BCUT2D eigenvalue weighted by molar-refractivity contribution is 6.10. The number of hydrogen-bond acceptors (Lipinski definition) is 4. The summed E-state index contributed by atoms with van der Waals surface area (Å²) in [5.41, 5.74) is 3.38. The van der Waals surface area contributed by atoms with Gasteiger partial charge in [-0.05, 0) is 36.6 Å². The number of ketones is 1. The van der Waals surface area contributed by atoms with Crippen molar-refractivity contribution in [2.24, 2.45) is 0 Å². The Morgan fingerprint density at radius 2 is 1.58 bits per heavy atom. The number of benzene rings is 2. The van der Waals surface area contributed by atoms with Crippen molar-refractivity contribution in [3.05, 3.63) is 89.2 Å². The zero-order valence-electron chi connectivity index (χ0n) is 14.7. The van der Waals surface area contributed by atoms with Crippen LogP contribution in [0, 0.1) is 6.92 Å². The van der Waals surface area contributed by atoms with Crippen molar-refractivity contribution in [1.82, 2.24) is 4.98 Å². The molecular weight excluding hydrogens is 326 g/mol. The van der Waals surface area contributed by atoms with Crippen LogP contribution in [-0.2, 0) is 4.74 Å². The summed E-state index contributed by atoms with van der Waals surface area (Å²) in [6.07, 6.45) is 0. The van der Waals surface area contributed by atoms with Gasteiger partial charge in [-0.3, -0.25) is 4.79 Å². The predicted molar refractivity (Wildman–Crippen MR) is 100 cm³/mol. The molecule has 0 amide bonds. The molecule has 4 nitrogen and oxygen atoms in total. The average Bonchev–Trinajstić information content (AvgIpc) is 2.69. The Kier molecular flexibility index (Phi) is 5.23. The molecule has 3 aromatic rings. The van der Waals surface area contributed by atoms with Gasteiger partial charge in [0.05, 0.1) is 6.61 Å². The van der Waals surface area contributed by atoms with Crippen LogP contribution < -0.4 is 0 Å². The monoisotopic (exact) mass is 345 g/mol. The van der Waals surface area contributed by atoms with E-state index in [-0.39, 0.29) is 23.8 Å². The molecule has 2 aromatic carbocycles. The minimum Gasteiger partial charge on any atom is -0.461 e. The average molecular weight is 345 g/mol. The van der Waals surface area contributed by atoms with E-state index in [0.29, 0.717) is 5.56 Å². The van der Waals surface area contributed by atoms with Crippen LogP contribution in [0.1, 0.15) is 39.0 Å². The zero-order valence-corrected chi connectivity index (χ0v) is 14.7. The molecule has 0 N–H and O–H groups in total. The van der Waals surface area contributed by atoms with Crippen LogP contribution in [0.25, 0.3) is 11.1 Å². The number of carbonyl (C=O) groups is 2. The maximum atomic E-state index is 13.0. The molecule has 1 aromatic heterocycles. The molecule has 26 heavy (non-hydrogen) atoms. The Hall–Kier alpha value is -3.27. The smallest absolute Gasteiger partial charge is 0.356 e. The molecule has 0 saturated heterocycles. The van der Waals surface area contributed by atoms with Crippen molar-refractivity contribution in [3.63, 3.8) is 0 Å². The molecule has 0 bridgehead atoms. The third-order valence-electron chi connectivity index (χ3n) is 4.09. The summed E-state index contributed by atoms with van der Waals surface area (Å²) < 4.78 is 5.09. The van der Waals surface area contributed by atoms with E-state index in [9.17, 15) is 9.59 Å². The third-order valence-corrected chi connectivity index (χ3v) is 4.09. The molecule has 4 heteroatoms. The highest BCUT2D eigenvalue weighted by Crippen LogP contribution is 2.27. The maximum absolute atomic E-state index is 13.0. The number of rotatable bonds is 5. The predicted octanol–water partition coefficient (Wildman–Crippen LogP) is 4.46. The van der Waals surface area contributed by atoms with E-state index in [0.717, 1.165) is 16.7 Å². The molecule has 0 fully saturated rings. The molecule has 0 aliphatic rings.